The highest BCUT2D eigenvalue weighted by Crippen LogP contribution is 2.14. The highest BCUT2D eigenvalue weighted by molar-refractivity contribution is 8.13. The molecule has 0 radical (unpaired) electrons. The molecule has 0 amide bonds. The van der Waals surface area contributed by atoms with Gasteiger partial charge in [-0.1, -0.05) is 11.8 Å². The Kier molecular flexibility index (Phi) is 2.16. The number of rotatable bonds is 1. The van der Waals surface area contributed by atoms with Crippen LogP contribution in [0.15, 0.2) is 4.99 Å². The van der Waals surface area contributed by atoms with Crippen LogP contribution in [0.25, 0.3) is 0 Å². The van der Waals surface area contributed by atoms with Crippen molar-refractivity contribution in [3.63, 3.8) is 0 Å². The van der Waals surface area contributed by atoms with Crippen LogP contribution in [0.4, 0.5) is 0 Å². The van der Waals surface area contributed by atoms with Crippen molar-refractivity contribution in [1.82, 2.24) is 0 Å². The lowest BCUT2D eigenvalue weighted by Gasteiger charge is -2.13. The molecule has 1 rings (SSSR count). The number of hydrogen-bond acceptors (Lipinski definition) is 4. The van der Waals surface area contributed by atoms with Crippen molar-refractivity contribution in [1.29, 1.82) is 0 Å². The van der Waals surface area contributed by atoms with Gasteiger partial charge in [0, 0.05) is 5.75 Å². The van der Waals surface area contributed by atoms with Gasteiger partial charge in [0.25, 0.3) is 0 Å². The summed E-state index contributed by atoms with van der Waals surface area (Å²) in [6.07, 6.45) is 0. The summed E-state index contributed by atoms with van der Waals surface area (Å²) < 4.78 is 0. The Bertz CT molecular complexity index is 180. The normalized spacial score (nSPS) is 25.6. The summed E-state index contributed by atoms with van der Waals surface area (Å²) in [5, 5.41) is 9.00. The van der Waals surface area contributed by atoms with Crippen LogP contribution in [-0.4, -0.2) is 28.5 Å². The van der Waals surface area contributed by atoms with E-state index in [0.717, 1.165) is 0 Å². The van der Waals surface area contributed by atoms with Gasteiger partial charge >= 0.3 is 5.97 Å². The first-order valence-corrected chi connectivity index (χ1v) is 3.84. The fourth-order valence-corrected chi connectivity index (χ4v) is 1.42. The van der Waals surface area contributed by atoms with Gasteiger partial charge < -0.3 is 10.8 Å². The Balaban J connectivity index is 2.50. The van der Waals surface area contributed by atoms with E-state index in [1.807, 2.05) is 0 Å². The fraction of sp³-hybridized carbons (Fsp3) is 0.600. The lowest BCUT2D eigenvalue weighted by atomic mass is 10.2. The van der Waals surface area contributed by atoms with Crippen molar-refractivity contribution in [3.8, 4) is 0 Å². The number of aliphatic carboxylic acids is 1. The molecule has 10 heavy (non-hydrogen) atoms. The molecule has 4 nitrogen and oxygen atoms in total. The van der Waals surface area contributed by atoms with E-state index in [-0.39, 0.29) is 5.92 Å². The van der Waals surface area contributed by atoms with Crippen LogP contribution in [0.3, 0.4) is 0 Å². The maximum absolute atomic E-state index is 10.3. The molecule has 1 heterocycles. The molecule has 5 heteroatoms. The number of carbonyl (C=O) groups is 1. The van der Waals surface area contributed by atoms with Gasteiger partial charge in [-0.05, 0) is 0 Å². The van der Waals surface area contributed by atoms with Gasteiger partial charge in [-0.2, -0.15) is 0 Å². The number of carboxylic acid groups (broad SMARTS) is 1. The summed E-state index contributed by atoms with van der Waals surface area (Å²) in [7, 11) is 0. The van der Waals surface area contributed by atoms with Crippen LogP contribution in [0, 0.1) is 5.92 Å². The molecule has 0 aromatic heterocycles. The van der Waals surface area contributed by atoms with Crippen molar-refractivity contribution < 1.29 is 9.90 Å². The van der Waals surface area contributed by atoms with E-state index in [1.165, 1.54) is 11.8 Å². The number of carboxylic acids is 1. The third-order valence-corrected chi connectivity index (χ3v) is 2.24. The minimum atomic E-state index is -0.788. The number of thioether (sulfide) groups is 1. The van der Waals surface area contributed by atoms with Crippen molar-refractivity contribution in [2.24, 2.45) is 16.6 Å². The Morgan fingerprint density at radius 3 is 3.00 bits per heavy atom. The molecule has 3 N–H and O–H groups in total. The highest BCUT2D eigenvalue weighted by atomic mass is 32.2. The van der Waals surface area contributed by atoms with Gasteiger partial charge in [0.1, 0.15) is 0 Å². The van der Waals surface area contributed by atoms with Gasteiger partial charge in [-0.3, -0.25) is 9.79 Å². The quantitative estimate of drug-likeness (QED) is 0.554. The number of nitrogens with two attached hydrogens (primary N) is 1. The van der Waals surface area contributed by atoms with E-state index in [4.69, 9.17) is 10.8 Å². The van der Waals surface area contributed by atoms with Gasteiger partial charge in [0.05, 0.1) is 12.5 Å². The second kappa shape index (κ2) is 2.92. The van der Waals surface area contributed by atoms with Crippen LogP contribution in [-0.2, 0) is 4.79 Å². The molecular weight excluding hydrogens is 152 g/mol. The lowest BCUT2D eigenvalue weighted by Crippen LogP contribution is -2.26. The van der Waals surface area contributed by atoms with Crippen molar-refractivity contribution in [3.05, 3.63) is 0 Å². The molecular formula is C5H8N2O2S. The monoisotopic (exact) mass is 160 g/mol. The Morgan fingerprint density at radius 1 is 1.90 bits per heavy atom. The van der Waals surface area contributed by atoms with Crippen molar-refractivity contribution in [2.75, 3.05) is 12.3 Å². The molecule has 0 aromatic carbocycles. The van der Waals surface area contributed by atoms with Gasteiger partial charge in [-0.15, -0.1) is 0 Å². The standard InChI is InChI=1S/C5H8N2O2S/c6-5-7-1-3(2-10-5)4(8)9/h3H,1-2H2,(H2,6,7)(H,8,9). The maximum atomic E-state index is 10.3. The van der Waals surface area contributed by atoms with Gasteiger partial charge in [0.15, 0.2) is 5.17 Å². The average molecular weight is 160 g/mol. The largest absolute Gasteiger partial charge is 0.481 e. The molecule has 0 spiro atoms. The molecule has 56 valence electrons. The lowest BCUT2D eigenvalue weighted by molar-refractivity contribution is -0.140. The predicted octanol–water partition coefficient (Wildman–Crippen LogP) is -0.251. The molecule has 1 unspecified atom stereocenters. The predicted molar refractivity (Wildman–Crippen MR) is 40.1 cm³/mol. The maximum Gasteiger partial charge on any atom is 0.309 e. The van der Waals surface area contributed by atoms with Crippen LogP contribution >= 0.6 is 11.8 Å². The van der Waals surface area contributed by atoms with Crippen molar-refractivity contribution in [2.45, 2.75) is 0 Å². The van der Waals surface area contributed by atoms with Crippen LogP contribution in [0.2, 0.25) is 0 Å². The SMILES string of the molecule is NC1=NCC(C(=O)O)CS1. The topological polar surface area (TPSA) is 75.7 Å². The van der Waals surface area contributed by atoms with Crippen LogP contribution in [0.5, 0.6) is 0 Å². The zero-order chi connectivity index (χ0) is 7.56. The first-order valence-electron chi connectivity index (χ1n) is 2.85. The number of nitrogens with zero attached hydrogens (tertiary/aromatic N) is 1. The zero-order valence-corrected chi connectivity index (χ0v) is 6.10. The van der Waals surface area contributed by atoms with E-state index in [2.05, 4.69) is 4.99 Å². The molecule has 0 saturated heterocycles. The minimum absolute atomic E-state index is 0.328. The third kappa shape index (κ3) is 1.63. The Labute approximate surface area is 62.5 Å². The number of aliphatic imine (C=N–C) groups is 1. The van der Waals surface area contributed by atoms with Gasteiger partial charge in [-0.25, -0.2) is 0 Å². The van der Waals surface area contributed by atoms with E-state index >= 15 is 0 Å². The summed E-state index contributed by atoms with van der Waals surface area (Å²) in [6, 6.07) is 0. The summed E-state index contributed by atoms with van der Waals surface area (Å²) in [5.41, 5.74) is 5.32. The first kappa shape index (κ1) is 7.40. The number of hydrogen-bond donors (Lipinski definition) is 2. The first-order chi connectivity index (χ1) is 4.70. The second-order valence-corrected chi connectivity index (χ2v) is 3.07. The molecule has 1 aliphatic heterocycles. The minimum Gasteiger partial charge on any atom is -0.481 e. The summed E-state index contributed by atoms with van der Waals surface area (Å²) in [5.74, 6) is -0.592. The molecule has 0 bridgehead atoms. The summed E-state index contributed by atoms with van der Waals surface area (Å²) >= 11 is 1.30. The highest BCUT2D eigenvalue weighted by Gasteiger charge is 2.20. The molecule has 1 aliphatic rings. The average Bonchev–Trinajstić information content (AvgIpc) is 1.88. The Morgan fingerprint density at radius 2 is 2.60 bits per heavy atom. The second-order valence-electron chi connectivity index (χ2n) is 2.03. The van der Waals surface area contributed by atoms with Crippen molar-refractivity contribution >= 4 is 22.9 Å². The van der Waals surface area contributed by atoms with E-state index in [0.29, 0.717) is 17.5 Å². The zero-order valence-electron chi connectivity index (χ0n) is 5.28. The van der Waals surface area contributed by atoms with Crippen LogP contribution in [0.1, 0.15) is 0 Å². The van der Waals surface area contributed by atoms with Crippen LogP contribution < -0.4 is 5.73 Å². The number of amidine groups is 1. The Hall–Kier alpha value is -0.710. The molecule has 1 atom stereocenters. The molecule has 0 aromatic rings. The van der Waals surface area contributed by atoms with Gasteiger partial charge in [0.2, 0.25) is 0 Å². The molecule has 0 saturated carbocycles. The third-order valence-electron chi connectivity index (χ3n) is 1.25. The summed E-state index contributed by atoms with van der Waals surface area (Å²) in [6.45, 7) is 0.328. The van der Waals surface area contributed by atoms with E-state index in [9.17, 15) is 4.79 Å². The molecule has 0 aliphatic carbocycles. The fourth-order valence-electron chi connectivity index (χ4n) is 0.634. The smallest absolute Gasteiger partial charge is 0.309 e. The molecule has 0 fully saturated rings. The van der Waals surface area contributed by atoms with E-state index in [1.54, 1.807) is 0 Å². The van der Waals surface area contributed by atoms with E-state index < -0.39 is 5.97 Å². The summed E-state index contributed by atoms with van der Waals surface area (Å²) in [4.78, 5) is 14.1.